The van der Waals surface area contributed by atoms with E-state index in [4.69, 9.17) is 26.1 Å². The maximum atomic E-state index is 11.6. The van der Waals surface area contributed by atoms with E-state index in [1.165, 1.54) is 25.7 Å². The van der Waals surface area contributed by atoms with Crippen molar-refractivity contribution in [1.29, 1.82) is 0 Å². The molecule has 0 unspecified atom stereocenters. The number of aromatic amines is 1. The number of nitrogens with one attached hydrogen (secondary N) is 1. The highest BCUT2D eigenvalue weighted by atomic mass is 35.5. The van der Waals surface area contributed by atoms with E-state index < -0.39 is 5.76 Å². The number of halogens is 1. The van der Waals surface area contributed by atoms with E-state index >= 15 is 0 Å². The summed E-state index contributed by atoms with van der Waals surface area (Å²) in [6.07, 6.45) is 8.25. The second kappa shape index (κ2) is 9.21. The molecule has 0 radical (unpaired) electrons. The maximum Gasteiger partial charge on any atom is 0.439 e. The predicted octanol–water partition coefficient (Wildman–Crippen LogP) is 4.77. The zero-order chi connectivity index (χ0) is 23.8. The summed E-state index contributed by atoms with van der Waals surface area (Å²) in [6, 6.07) is 3.69. The van der Waals surface area contributed by atoms with Crippen molar-refractivity contribution in [2.45, 2.75) is 46.1 Å². The zero-order valence-corrected chi connectivity index (χ0v) is 20.3. The van der Waals surface area contributed by atoms with Gasteiger partial charge in [0.05, 0.1) is 21.7 Å². The number of rotatable bonds is 6. The molecule has 0 amide bonds. The van der Waals surface area contributed by atoms with Crippen molar-refractivity contribution in [3.63, 3.8) is 0 Å². The Morgan fingerprint density at radius 2 is 2.00 bits per heavy atom. The van der Waals surface area contributed by atoms with Crippen LogP contribution in [0.1, 0.15) is 39.5 Å². The average Bonchev–Trinajstić information content (AvgIpc) is 3.43. The van der Waals surface area contributed by atoms with E-state index in [2.05, 4.69) is 38.4 Å². The third-order valence-electron chi connectivity index (χ3n) is 6.76. The van der Waals surface area contributed by atoms with Crippen LogP contribution in [0.15, 0.2) is 33.8 Å². The van der Waals surface area contributed by atoms with Crippen LogP contribution in [0, 0.1) is 11.8 Å². The van der Waals surface area contributed by atoms with Crippen molar-refractivity contribution >= 4 is 28.6 Å². The lowest BCUT2D eigenvalue weighted by atomic mass is 9.83. The quantitative estimate of drug-likeness (QED) is 0.422. The van der Waals surface area contributed by atoms with Crippen LogP contribution in [0.5, 0.6) is 0 Å². The maximum absolute atomic E-state index is 11.6. The fourth-order valence-corrected chi connectivity index (χ4v) is 4.90. The van der Waals surface area contributed by atoms with Crippen LogP contribution in [-0.2, 0) is 6.54 Å². The van der Waals surface area contributed by atoms with Gasteiger partial charge in [-0.15, -0.1) is 0 Å². The molecule has 4 aromatic rings. The summed E-state index contributed by atoms with van der Waals surface area (Å²) < 4.78 is 7.01. The molecular weight excluding hydrogens is 454 g/mol. The molecule has 1 saturated carbocycles. The van der Waals surface area contributed by atoms with E-state index in [1.54, 1.807) is 12.4 Å². The fourth-order valence-electron chi connectivity index (χ4n) is 4.72. The fraction of sp³-hybridized carbons (Fsp3) is 0.458. The third-order valence-corrected chi connectivity index (χ3v) is 6.96. The molecule has 10 heteroatoms. The normalized spacial score (nSPS) is 18.5. The molecule has 0 saturated heterocycles. The summed E-state index contributed by atoms with van der Waals surface area (Å²) in [4.78, 5) is 30.5. The highest BCUT2D eigenvalue weighted by molar-refractivity contribution is 6.30. The van der Waals surface area contributed by atoms with Crippen LogP contribution in [0.4, 0.5) is 5.95 Å². The first kappa shape index (κ1) is 22.6. The van der Waals surface area contributed by atoms with Crippen LogP contribution >= 0.6 is 11.6 Å². The van der Waals surface area contributed by atoms with Gasteiger partial charge in [0.2, 0.25) is 11.8 Å². The first-order valence-corrected chi connectivity index (χ1v) is 12.1. The van der Waals surface area contributed by atoms with E-state index in [0.29, 0.717) is 22.3 Å². The molecule has 0 aliphatic heterocycles. The average molecular weight is 482 g/mol. The van der Waals surface area contributed by atoms with Gasteiger partial charge in [0.15, 0.2) is 0 Å². The molecule has 1 fully saturated rings. The van der Waals surface area contributed by atoms with Gasteiger partial charge in [-0.3, -0.25) is 14.5 Å². The summed E-state index contributed by atoms with van der Waals surface area (Å²) in [7, 11) is 2.05. The molecule has 1 aliphatic rings. The van der Waals surface area contributed by atoms with E-state index in [0.717, 1.165) is 41.6 Å². The van der Waals surface area contributed by atoms with Crippen LogP contribution < -0.4 is 10.7 Å². The van der Waals surface area contributed by atoms with Gasteiger partial charge in [0, 0.05) is 38.1 Å². The Kier molecular flexibility index (Phi) is 6.12. The van der Waals surface area contributed by atoms with Crippen molar-refractivity contribution in [3.05, 3.63) is 40.1 Å². The van der Waals surface area contributed by atoms with Crippen molar-refractivity contribution in [2.24, 2.45) is 11.8 Å². The Labute approximate surface area is 202 Å². The lowest BCUT2D eigenvalue weighted by molar-refractivity contribution is 0.267. The Hall–Kier alpha value is -3.20. The number of H-pyrrole nitrogens is 1. The monoisotopic (exact) mass is 481 g/mol. The molecule has 178 valence electrons. The Morgan fingerprint density at radius 1 is 1.21 bits per heavy atom. The molecule has 1 N–H and O–H groups in total. The molecule has 0 atom stereocenters. The highest BCUT2D eigenvalue weighted by Gasteiger charge is 2.25. The van der Waals surface area contributed by atoms with Gasteiger partial charge in [-0.1, -0.05) is 36.5 Å². The number of imidazole rings is 1. The number of nitrogens with zero attached hydrogens (tertiary/aromatic N) is 6. The second-order valence-corrected chi connectivity index (χ2v) is 9.66. The molecule has 0 bridgehead atoms. The van der Waals surface area contributed by atoms with Crippen LogP contribution in [0.2, 0.25) is 5.02 Å². The number of anilines is 1. The molecule has 0 spiro atoms. The lowest BCUT2D eigenvalue weighted by Gasteiger charge is -2.28. The van der Waals surface area contributed by atoms with Gasteiger partial charge >= 0.3 is 5.76 Å². The summed E-state index contributed by atoms with van der Waals surface area (Å²) in [5.41, 5.74) is 3.62. The van der Waals surface area contributed by atoms with E-state index in [9.17, 15) is 4.79 Å². The second-order valence-electron chi connectivity index (χ2n) is 9.22. The number of fused-ring (bicyclic) bond motifs is 1. The Balaban J connectivity index is 1.74. The van der Waals surface area contributed by atoms with Crippen molar-refractivity contribution < 1.29 is 4.52 Å². The Bertz CT molecular complexity index is 1370. The number of aromatic nitrogens is 6. The Morgan fingerprint density at radius 3 is 2.68 bits per heavy atom. The van der Waals surface area contributed by atoms with Gasteiger partial charge in [-0.25, -0.2) is 14.8 Å². The predicted molar refractivity (Wildman–Crippen MR) is 132 cm³/mol. The standard InChI is InChI=1S/C24H28ClN7O2/c1-4-31(3)23-28-18-10-19(22-29-24(33)34-30-22)27-20(16-9-17(25)12-26-11-16)21(18)32(23)13-15-7-5-14(2)6-8-15/h9-12,14-15H,4-8,13H2,1-3H3,(H,29,30,33). The topological polar surface area (TPSA) is 106 Å². The third kappa shape index (κ3) is 4.32. The molecular formula is C24H28ClN7O2. The molecule has 4 aromatic heterocycles. The van der Waals surface area contributed by atoms with E-state index in [-0.39, 0.29) is 5.82 Å². The SMILES string of the molecule is CCN(C)c1nc2cc(-c3noc(=O)[nH]3)nc(-c3cncc(Cl)c3)c2n1CC1CCC(C)CC1. The smallest absolute Gasteiger partial charge is 0.346 e. The van der Waals surface area contributed by atoms with Crippen molar-refractivity contribution in [3.8, 4) is 22.8 Å². The number of pyridine rings is 2. The zero-order valence-electron chi connectivity index (χ0n) is 19.6. The van der Waals surface area contributed by atoms with Gasteiger partial charge in [0.1, 0.15) is 5.69 Å². The van der Waals surface area contributed by atoms with E-state index in [1.807, 2.05) is 19.2 Å². The molecule has 0 aromatic carbocycles. The van der Waals surface area contributed by atoms with Gasteiger partial charge in [-0.2, -0.15) is 0 Å². The van der Waals surface area contributed by atoms with Crippen LogP contribution in [0.25, 0.3) is 33.8 Å². The summed E-state index contributed by atoms with van der Waals surface area (Å²) in [5, 5.41) is 4.35. The first-order valence-electron chi connectivity index (χ1n) is 11.7. The largest absolute Gasteiger partial charge is 0.439 e. The minimum Gasteiger partial charge on any atom is -0.346 e. The van der Waals surface area contributed by atoms with Crippen molar-refractivity contribution in [1.82, 2.24) is 29.7 Å². The minimum absolute atomic E-state index is 0.254. The highest BCUT2D eigenvalue weighted by Crippen LogP contribution is 2.36. The number of hydrogen-bond acceptors (Lipinski definition) is 7. The lowest BCUT2D eigenvalue weighted by Crippen LogP contribution is -2.24. The molecule has 34 heavy (non-hydrogen) atoms. The van der Waals surface area contributed by atoms with Gasteiger partial charge < -0.3 is 9.47 Å². The molecule has 4 heterocycles. The van der Waals surface area contributed by atoms with Gasteiger partial charge in [-0.05, 0) is 43.7 Å². The molecule has 1 aliphatic carbocycles. The first-order chi connectivity index (χ1) is 16.4. The van der Waals surface area contributed by atoms with Crippen LogP contribution in [0.3, 0.4) is 0 Å². The molecule has 9 nitrogen and oxygen atoms in total. The van der Waals surface area contributed by atoms with Crippen LogP contribution in [-0.4, -0.2) is 43.3 Å². The summed E-state index contributed by atoms with van der Waals surface area (Å²) in [5.74, 6) is 1.88. The van der Waals surface area contributed by atoms with Crippen molar-refractivity contribution in [2.75, 3.05) is 18.5 Å². The minimum atomic E-state index is -0.633. The summed E-state index contributed by atoms with van der Waals surface area (Å²) in [6.45, 7) is 6.13. The van der Waals surface area contributed by atoms with Gasteiger partial charge in [0.25, 0.3) is 0 Å². The summed E-state index contributed by atoms with van der Waals surface area (Å²) >= 11 is 6.30. The number of hydrogen-bond donors (Lipinski definition) is 1. The molecule has 5 rings (SSSR count).